The summed E-state index contributed by atoms with van der Waals surface area (Å²) in [6, 6.07) is 0. The van der Waals surface area contributed by atoms with Gasteiger partial charge in [0.25, 0.3) is 0 Å². The van der Waals surface area contributed by atoms with Gasteiger partial charge in [-0.25, -0.2) is 25.9 Å². The maximum absolute atomic E-state index is 11.8. The molecule has 108 valence electrons. The van der Waals surface area contributed by atoms with Crippen LogP contribution < -0.4 is 4.72 Å². The topological polar surface area (TPSA) is 83.6 Å². The minimum Gasteiger partial charge on any atom is -0.215 e. The lowest BCUT2D eigenvalue weighted by Gasteiger charge is -2.31. The van der Waals surface area contributed by atoms with E-state index in [1.807, 2.05) is 0 Å². The third-order valence-corrected chi connectivity index (χ3v) is 5.79. The molecule has 0 aromatic rings. The van der Waals surface area contributed by atoms with Crippen molar-refractivity contribution in [3.8, 4) is 0 Å². The summed E-state index contributed by atoms with van der Waals surface area (Å²) in [4.78, 5) is 0. The zero-order chi connectivity index (χ0) is 13.8. The van der Waals surface area contributed by atoms with Crippen molar-refractivity contribution < 1.29 is 16.8 Å². The Kier molecular flexibility index (Phi) is 5.85. The number of alkyl halides is 1. The molecule has 1 rings (SSSR count). The van der Waals surface area contributed by atoms with Gasteiger partial charge in [0.05, 0.1) is 12.0 Å². The largest absolute Gasteiger partial charge is 0.215 e. The van der Waals surface area contributed by atoms with Gasteiger partial charge in [0.1, 0.15) is 0 Å². The van der Waals surface area contributed by atoms with Crippen LogP contribution in [-0.4, -0.2) is 58.7 Å². The molecular weight excluding hydrogens is 300 g/mol. The van der Waals surface area contributed by atoms with Crippen LogP contribution in [0.2, 0.25) is 0 Å². The lowest BCUT2D eigenvalue weighted by atomic mass is 10.0. The zero-order valence-electron chi connectivity index (χ0n) is 10.3. The average molecular weight is 319 g/mol. The second kappa shape index (κ2) is 6.51. The first-order valence-corrected chi connectivity index (χ1v) is 9.76. The van der Waals surface area contributed by atoms with Crippen LogP contribution in [0.3, 0.4) is 0 Å². The highest BCUT2D eigenvalue weighted by Gasteiger charge is 2.28. The summed E-state index contributed by atoms with van der Waals surface area (Å²) in [5, 5.41) is 0. The van der Waals surface area contributed by atoms with E-state index in [2.05, 4.69) is 4.72 Å². The number of rotatable bonds is 6. The molecule has 6 nitrogen and oxygen atoms in total. The number of halogens is 1. The fraction of sp³-hybridized carbons (Fsp3) is 1.00. The molecule has 0 bridgehead atoms. The highest BCUT2D eigenvalue weighted by molar-refractivity contribution is 7.89. The fourth-order valence-corrected chi connectivity index (χ4v) is 4.36. The number of nitrogens with zero attached hydrogens (tertiary/aromatic N) is 1. The smallest absolute Gasteiger partial charge is 0.215 e. The van der Waals surface area contributed by atoms with E-state index < -0.39 is 20.0 Å². The molecule has 1 unspecified atom stereocenters. The number of nitrogens with one attached hydrogen (secondary N) is 1. The predicted octanol–water partition coefficient (Wildman–Crippen LogP) is -0.184. The van der Waals surface area contributed by atoms with Gasteiger partial charge in [-0.2, -0.15) is 0 Å². The van der Waals surface area contributed by atoms with Gasteiger partial charge in [0, 0.05) is 25.5 Å². The number of piperidine rings is 1. The van der Waals surface area contributed by atoms with Crippen molar-refractivity contribution in [1.82, 2.24) is 9.03 Å². The van der Waals surface area contributed by atoms with Gasteiger partial charge in [-0.05, 0) is 18.8 Å². The summed E-state index contributed by atoms with van der Waals surface area (Å²) in [6.45, 7) is 1.14. The molecule has 18 heavy (non-hydrogen) atoms. The Morgan fingerprint density at radius 2 is 2.00 bits per heavy atom. The highest BCUT2D eigenvalue weighted by Crippen LogP contribution is 2.19. The quantitative estimate of drug-likeness (QED) is 0.688. The fourth-order valence-electron chi connectivity index (χ4n) is 1.94. The molecular formula is C9H19ClN2O4S2. The third kappa shape index (κ3) is 5.40. The van der Waals surface area contributed by atoms with Gasteiger partial charge in [-0.15, -0.1) is 11.6 Å². The summed E-state index contributed by atoms with van der Waals surface area (Å²) in [6.07, 6.45) is 2.67. The van der Waals surface area contributed by atoms with E-state index in [-0.39, 0.29) is 24.1 Å². The molecule has 1 atom stereocenters. The van der Waals surface area contributed by atoms with Gasteiger partial charge < -0.3 is 0 Å². The number of hydrogen-bond donors (Lipinski definition) is 1. The second-order valence-corrected chi connectivity index (χ2v) is 8.79. The van der Waals surface area contributed by atoms with Crippen molar-refractivity contribution in [2.24, 2.45) is 5.92 Å². The summed E-state index contributed by atoms with van der Waals surface area (Å²) < 4.78 is 49.5. The SMILES string of the molecule is CS(=O)(=O)NCC1CCCN(S(=O)(=O)CCCl)C1. The monoisotopic (exact) mass is 318 g/mol. The highest BCUT2D eigenvalue weighted by atomic mass is 35.5. The number of sulfonamides is 2. The zero-order valence-corrected chi connectivity index (χ0v) is 12.7. The van der Waals surface area contributed by atoms with E-state index in [1.165, 1.54) is 4.31 Å². The Hall–Kier alpha value is 0.110. The molecule has 1 N–H and O–H groups in total. The predicted molar refractivity (Wildman–Crippen MR) is 71.7 cm³/mol. The molecule has 1 saturated heterocycles. The van der Waals surface area contributed by atoms with Crippen LogP contribution >= 0.6 is 11.6 Å². The summed E-state index contributed by atoms with van der Waals surface area (Å²) in [5.74, 6) is 0.0323. The van der Waals surface area contributed by atoms with Gasteiger partial charge in [-0.1, -0.05) is 0 Å². The van der Waals surface area contributed by atoms with Crippen LogP contribution in [0, 0.1) is 5.92 Å². The molecule has 0 aromatic carbocycles. The molecule has 0 aromatic heterocycles. The van der Waals surface area contributed by atoms with Gasteiger partial charge in [-0.3, -0.25) is 0 Å². The van der Waals surface area contributed by atoms with Gasteiger partial charge >= 0.3 is 0 Å². The molecule has 0 aliphatic carbocycles. The van der Waals surface area contributed by atoms with Crippen molar-refractivity contribution in [3.63, 3.8) is 0 Å². The van der Waals surface area contributed by atoms with Gasteiger partial charge in [0.2, 0.25) is 20.0 Å². The molecule has 9 heteroatoms. The first-order chi connectivity index (χ1) is 8.24. The van der Waals surface area contributed by atoms with Crippen LogP contribution in [0.4, 0.5) is 0 Å². The van der Waals surface area contributed by atoms with Crippen molar-refractivity contribution in [2.45, 2.75) is 12.8 Å². The normalized spacial score (nSPS) is 23.1. The standard InChI is InChI=1S/C9H19ClN2O4S2/c1-17(13,14)11-7-9-3-2-5-12(8-9)18(15,16)6-4-10/h9,11H,2-8H2,1H3. The Balaban J connectivity index is 2.56. The minimum absolute atomic E-state index is 0.0265. The summed E-state index contributed by atoms with van der Waals surface area (Å²) in [5.41, 5.74) is 0. The molecule has 0 spiro atoms. The molecule has 0 saturated carbocycles. The Bertz CT molecular complexity index is 463. The molecule has 1 aliphatic heterocycles. The van der Waals surface area contributed by atoms with Gasteiger partial charge in [0.15, 0.2) is 0 Å². The van der Waals surface area contributed by atoms with E-state index in [9.17, 15) is 16.8 Å². The maximum Gasteiger partial charge on any atom is 0.215 e. The van der Waals surface area contributed by atoms with Crippen molar-refractivity contribution in [3.05, 3.63) is 0 Å². The second-order valence-electron chi connectivity index (χ2n) is 4.49. The average Bonchev–Trinajstić information content (AvgIpc) is 2.26. The Morgan fingerprint density at radius 1 is 1.33 bits per heavy atom. The molecule has 0 amide bonds. The van der Waals surface area contributed by atoms with Crippen molar-refractivity contribution in [1.29, 1.82) is 0 Å². The first kappa shape index (κ1) is 16.2. The molecule has 0 radical (unpaired) electrons. The van der Waals surface area contributed by atoms with Crippen LogP contribution in [-0.2, 0) is 20.0 Å². The molecule has 1 aliphatic rings. The third-order valence-electron chi connectivity index (χ3n) is 2.84. The van der Waals surface area contributed by atoms with E-state index >= 15 is 0 Å². The summed E-state index contributed by atoms with van der Waals surface area (Å²) >= 11 is 5.47. The van der Waals surface area contributed by atoms with Crippen LogP contribution in [0.5, 0.6) is 0 Å². The maximum atomic E-state index is 11.8. The Morgan fingerprint density at radius 3 is 2.56 bits per heavy atom. The Labute approximate surface area is 114 Å². The van der Waals surface area contributed by atoms with Crippen LogP contribution in [0.25, 0.3) is 0 Å². The lowest BCUT2D eigenvalue weighted by molar-refractivity contribution is 0.267. The molecule has 1 heterocycles. The number of hydrogen-bond acceptors (Lipinski definition) is 4. The van der Waals surface area contributed by atoms with E-state index in [0.717, 1.165) is 19.1 Å². The van der Waals surface area contributed by atoms with E-state index in [0.29, 0.717) is 13.1 Å². The first-order valence-electron chi connectivity index (χ1n) is 5.73. The van der Waals surface area contributed by atoms with Crippen LogP contribution in [0.15, 0.2) is 0 Å². The van der Waals surface area contributed by atoms with Crippen molar-refractivity contribution >= 4 is 31.6 Å². The molecule has 1 fully saturated rings. The summed E-state index contributed by atoms with van der Waals surface area (Å²) in [7, 11) is -6.52. The minimum atomic E-state index is -3.30. The van der Waals surface area contributed by atoms with E-state index in [1.54, 1.807) is 0 Å². The van der Waals surface area contributed by atoms with E-state index in [4.69, 9.17) is 11.6 Å². The van der Waals surface area contributed by atoms with Crippen LogP contribution in [0.1, 0.15) is 12.8 Å². The lowest BCUT2D eigenvalue weighted by Crippen LogP contribution is -2.44. The van der Waals surface area contributed by atoms with Crippen molar-refractivity contribution in [2.75, 3.05) is 37.5 Å².